The Balaban J connectivity index is 1.95. The predicted octanol–water partition coefficient (Wildman–Crippen LogP) is 3.51. The van der Waals surface area contributed by atoms with E-state index >= 15 is 0 Å². The number of aryl methyl sites for hydroxylation is 1. The third-order valence-corrected chi connectivity index (χ3v) is 3.71. The predicted molar refractivity (Wildman–Crippen MR) is 92.4 cm³/mol. The summed E-state index contributed by atoms with van der Waals surface area (Å²) in [5.41, 5.74) is 7.77. The molecule has 2 aromatic rings. The van der Waals surface area contributed by atoms with Gasteiger partial charge in [-0.05, 0) is 42.3 Å². The second-order valence-corrected chi connectivity index (χ2v) is 5.38. The monoisotopic (exact) mass is 334 g/mol. The second-order valence-electron chi connectivity index (χ2n) is 4.97. The van der Waals surface area contributed by atoms with Crippen molar-refractivity contribution in [3.05, 3.63) is 47.0 Å². The number of amides is 1. The molecule has 0 bridgehead atoms. The van der Waals surface area contributed by atoms with Crippen molar-refractivity contribution in [1.82, 2.24) is 0 Å². The number of nitrogens with one attached hydrogen (secondary N) is 1. The van der Waals surface area contributed by atoms with Crippen molar-refractivity contribution >= 4 is 28.9 Å². The average molecular weight is 335 g/mol. The van der Waals surface area contributed by atoms with E-state index in [1.54, 1.807) is 32.4 Å². The van der Waals surface area contributed by atoms with Gasteiger partial charge in [-0.15, -0.1) is 0 Å². The van der Waals surface area contributed by atoms with Crippen molar-refractivity contribution in [2.45, 2.75) is 12.8 Å². The minimum Gasteiger partial charge on any atom is -0.493 e. The SMILES string of the molecule is COc1ccc(CCC(=O)Nc2ccc(Cl)c(N)c2)cc1OC. The highest BCUT2D eigenvalue weighted by molar-refractivity contribution is 6.33. The lowest BCUT2D eigenvalue weighted by Crippen LogP contribution is -2.12. The van der Waals surface area contributed by atoms with E-state index in [4.69, 9.17) is 26.8 Å². The fourth-order valence-electron chi connectivity index (χ4n) is 2.14. The zero-order chi connectivity index (χ0) is 16.8. The van der Waals surface area contributed by atoms with E-state index in [0.29, 0.717) is 40.7 Å². The summed E-state index contributed by atoms with van der Waals surface area (Å²) >= 11 is 5.85. The van der Waals surface area contributed by atoms with Crippen LogP contribution in [-0.2, 0) is 11.2 Å². The van der Waals surface area contributed by atoms with Crippen LogP contribution in [0.25, 0.3) is 0 Å². The molecule has 0 aliphatic rings. The summed E-state index contributed by atoms with van der Waals surface area (Å²) in [5, 5.41) is 3.26. The molecule has 1 amide bonds. The zero-order valence-electron chi connectivity index (χ0n) is 13.1. The van der Waals surface area contributed by atoms with Crippen LogP contribution in [0.2, 0.25) is 5.02 Å². The van der Waals surface area contributed by atoms with Gasteiger partial charge in [0.15, 0.2) is 11.5 Å². The van der Waals surface area contributed by atoms with Gasteiger partial charge in [-0.25, -0.2) is 0 Å². The molecule has 122 valence electrons. The number of nitrogen functional groups attached to an aromatic ring is 1. The first-order valence-corrected chi connectivity index (χ1v) is 7.47. The number of carbonyl (C=O) groups excluding carboxylic acids is 1. The fraction of sp³-hybridized carbons (Fsp3) is 0.235. The molecule has 0 unspecified atom stereocenters. The number of halogens is 1. The number of hydrogen-bond acceptors (Lipinski definition) is 4. The molecule has 5 nitrogen and oxygen atoms in total. The van der Waals surface area contributed by atoms with Gasteiger partial charge in [-0.3, -0.25) is 4.79 Å². The Morgan fingerprint density at radius 3 is 2.52 bits per heavy atom. The minimum atomic E-state index is -0.0958. The van der Waals surface area contributed by atoms with Crippen LogP contribution in [0, 0.1) is 0 Å². The molecule has 0 saturated heterocycles. The van der Waals surface area contributed by atoms with Crippen LogP contribution in [0.5, 0.6) is 11.5 Å². The molecular weight excluding hydrogens is 316 g/mol. The first-order valence-electron chi connectivity index (χ1n) is 7.09. The van der Waals surface area contributed by atoms with Crippen molar-refractivity contribution in [2.24, 2.45) is 0 Å². The zero-order valence-corrected chi connectivity index (χ0v) is 13.8. The number of benzene rings is 2. The smallest absolute Gasteiger partial charge is 0.224 e. The number of carbonyl (C=O) groups is 1. The van der Waals surface area contributed by atoms with Gasteiger partial charge in [0.25, 0.3) is 0 Å². The van der Waals surface area contributed by atoms with E-state index in [1.165, 1.54) is 0 Å². The molecule has 0 radical (unpaired) electrons. The lowest BCUT2D eigenvalue weighted by Gasteiger charge is -2.10. The van der Waals surface area contributed by atoms with Gasteiger partial charge in [-0.1, -0.05) is 17.7 Å². The van der Waals surface area contributed by atoms with Crippen LogP contribution in [0.1, 0.15) is 12.0 Å². The molecule has 2 rings (SSSR count). The Labute approximate surface area is 140 Å². The highest BCUT2D eigenvalue weighted by Gasteiger charge is 2.08. The molecule has 0 fully saturated rings. The number of methoxy groups -OCH3 is 2. The molecule has 0 saturated carbocycles. The van der Waals surface area contributed by atoms with E-state index in [2.05, 4.69) is 5.32 Å². The highest BCUT2D eigenvalue weighted by Crippen LogP contribution is 2.28. The maximum absolute atomic E-state index is 12.0. The molecule has 0 aliphatic heterocycles. The van der Waals surface area contributed by atoms with Crippen molar-refractivity contribution in [3.8, 4) is 11.5 Å². The maximum atomic E-state index is 12.0. The van der Waals surface area contributed by atoms with Gasteiger partial charge < -0.3 is 20.5 Å². The molecule has 0 heterocycles. The van der Waals surface area contributed by atoms with E-state index in [0.717, 1.165) is 5.56 Å². The molecule has 0 atom stereocenters. The first kappa shape index (κ1) is 17.0. The van der Waals surface area contributed by atoms with Crippen molar-refractivity contribution < 1.29 is 14.3 Å². The van der Waals surface area contributed by atoms with Crippen LogP contribution in [0.3, 0.4) is 0 Å². The summed E-state index contributed by atoms with van der Waals surface area (Å²) in [4.78, 5) is 12.0. The Hall–Kier alpha value is -2.40. The Morgan fingerprint density at radius 2 is 1.87 bits per heavy atom. The van der Waals surface area contributed by atoms with Gasteiger partial charge in [-0.2, -0.15) is 0 Å². The van der Waals surface area contributed by atoms with Gasteiger partial charge in [0.1, 0.15) is 0 Å². The van der Waals surface area contributed by atoms with E-state index < -0.39 is 0 Å². The van der Waals surface area contributed by atoms with Crippen LogP contribution < -0.4 is 20.5 Å². The maximum Gasteiger partial charge on any atom is 0.224 e. The molecule has 3 N–H and O–H groups in total. The van der Waals surface area contributed by atoms with Gasteiger partial charge >= 0.3 is 0 Å². The molecule has 23 heavy (non-hydrogen) atoms. The topological polar surface area (TPSA) is 73.6 Å². The number of hydrogen-bond donors (Lipinski definition) is 2. The van der Waals surface area contributed by atoms with E-state index in [-0.39, 0.29) is 5.91 Å². The Bertz CT molecular complexity index is 704. The van der Waals surface area contributed by atoms with Gasteiger partial charge in [0.05, 0.1) is 24.9 Å². The summed E-state index contributed by atoms with van der Waals surface area (Å²) in [7, 11) is 3.17. The first-order chi connectivity index (χ1) is 11.0. The summed E-state index contributed by atoms with van der Waals surface area (Å²) < 4.78 is 10.4. The third kappa shape index (κ3) is 4.53. The number of ether oxygens (including phenoxy) is 2. The Kier molecular flexibility index (Phi) is 5.71. The summed E-state index contributed by atoms with van der Waals surface area (Å²) in [6.45, 7) is 0. The minimum absolute atomic E-state index is 0.0958. The molecule has 6 heteroatoms. The van der Waals surface area contributed by atoms with Crippen LogP contribution in [0.4, 0.5) is 11.4 Å². The normalized spacial score (nSPS) is 10.2. The molecule has 0 aromatic heterocycles. The van der Waals surface area contributed by atoms with Crippen LogP contribution in [0.15, 0.2) is 36.4 Å². The van der Waals surface area contributed by atoms with E-state index in [9.17, 15) is 4.79 Å². The lowest BCUT2D eigenvalue weighted by molar-refractivity contribution is -0.116. The third-order valence-electron chi connectivity index (χ3n) is 3.37. The average Bonchev–Trinajstić information content (AvgIpc) is 2.56. The van der Waals surface area contributed by atoms with Crippen LogP contribution >= 0.6 is 11.6 Å². The Morgan fingerprint density at radius 1 is 1.13 bits per heavy atom. The molecule has 2 aromatic carbocycles. The standard InChI is InChI=1S/C17H19ClN2O3/c1-22-15-7-3-11(9-16(15)23-2)4-8-17(21)20-12-5-6-13(18)14(19)10-12/h3,5-7,9-10H,4,8,19H2,1-2H3,(H,20,21). The lowest BCUT2D eigenvalue weighted by atomic mass is 10.1. The molecule has 0 spiro atoms. The quantitative estimate of drug-likeness (QED) is 0.793. The summed E-state index contributed by atoms with van der Waals surface area (Å²) in [6, 6.07) is 10.6. The largest absolute Gasteiger partial charge is 0.493 e. The second kappa shape index (κ2) is 7.74. The number of rotatable bonds is 6. The van der Waals surface area contributed by atoms with Crippen molar-refractivity contribution in [3.63, 3.8) is 0 Å². The van der Waals surface area contributed by atoms with Crippen molar-refractivity contribution in [2.75, 3.05) is 25.3 Å². The summed E-state index contributed by atoms with van der Waals surface area (Å²) in [6.07, 6.45) is 0.938. The van der Waals surface area contributed by atoms with Gasteiger partial charge in [0, 0.05) is 12.1 Å². The van der Waals surface area contributed by atoms with Crippen LogP contribution in [-0.4, -0.2) is 20.1 Å². The number of anilines is 2. The fourth-order valence-corrected chi connectivity index (χ4v) is 2.26. The summed E-state index contributed by atoms with van der Waals surface area (Å²) in [5.74, 6) is 1.22. The highest BCUT2D eigenvalue weighted by atomic mass is 35.5. The molecule has 0 aliphatic carbocycles. The number of nitrogens with two attached hydrogens (primary N) is 1. The van der Waals surface area contributed by atoms with Gasteiger partial charge in [0.2, 0.25) is 5.91 Å². The van der Waals surface area contributed by atoms with E-state index in [1.807, 2.05) is 18.2 Å². The molecular formula is C17H19ClN2O3. The van der Waals surface area contributed by atoms with Crippen molar-refractivity contribution in [1.29, 1.82) is 0 Å².